The minimum atomic E-state index is -0.0906. The lowest BCUT2D eigenvalue weighted by molar-refractivity contribution is 0.136. The lowest BCUT2D eigenvalue weighted by atomic mass is 10.1. The predicted octanol–water partition coefficient (Wildman–Crippen LogP) is 3.63. The first kappa shape index (κ1) is 21.1. The summed E-state index contributed by atoms with van der Waals surface area (Å²) in [4.78, 5) is 18.4. The average molecular weight is 443 g/mol. The zero-order chi connectivity index (χ0) is 21.8. The Morgan fingerprint density at radius 3 is 2.97 bits per heavy atom. The summed E-state index contributed by atoms with van der Waals surface area (Å²) in [5, 5.41) is 13.3. The molecule has 9 nitrogen and oxygen atoms in total. The predicted molar refractivity (Wildman–Crippen MR) is 122 cm³/mol. The summed E-state index contributed by atoms with van der Waals surface area (Å²) in [6, 6.07) is 5.64. The number of amides is 2. The molecule has 0 bridgehead atoms. The van der Waals surface area contributed by atoms with Crippen LogP contribution in [0.25, 0.3) is 11.3 Å². The number of carbonyl (C=O) groups excluding carboxylic acids is 1. The summed E-state index contributed by atoms with van der Waals surface area (Å²) in [6.45, 7) is 7.33. The summed E-state index contributed by atoms with van der Waals surface area (Å²) in [5.74, 6) is 0.675. The van der Waals surface area contributed by atoms with Gasteiger partial charge in [-0.2, -0.15) is 5.10 Å². The summed E-state index contributed by atoms with van der Waals surface area (Å²) >= 11 is 1.51. The Bertz CT molecular complexity index is 1060. The molecule has 0 atom stereocenters. The third-order valence-corrected chi connectivity index (χ3v) is 5.89. The molecular weight excluding hydrogens is 416 g/mol. The van der Waals surface area contributed by atoms with E-state index in [9.17, 15) is 4.79 Å². The van der Waals surface area contributed by atoms with E-state index >= 15 is 0 Å². The van der Waals surface area contributed by atoms with Crippen molar-refractivity contribution in [3.05, 3.63) is 35.5 Å². The van der Waals surface area contributed by atoms with Crippen molar-refractivity contribution in [2.75, 3.05) is 43.6 Å². The normalized spacial score (nSPS) is 13.5. The van der Waals surface area contributed by atoms with Gasteiger partial charge < -0.3 is 20.1 Å². The molecule has 4 rings (SSSR count). The maximum Gasteiger partial charge on any atom is 0.321 e. The first-order valence-corrected chi connectivity index (χ1v) is 11.0. The van der Waals surface area contributed by atoms with E-state index in [1.54, 1.807) is 18.2 Å². The fourth-order valence-corrected chi connectivity index (χ4v) is 4.16. The van der Waals surface area contributed by atoms with Crippen LogP contribution in [0.5, 0.6) is 5.75 Å². The molecule has 0 aliphatic carbocycles. The number of anilines is 3. The van der Waals surface area contributed by atoms with Gasteiger partial charge in [0.05, 0.1) is 43.5 Å². The van der Waals surface area contributed by atoms with Gasteiger partial charge in [-0.3, -0.25) is 9.58 Å². The van der Waals surface area contributed by atoms with E-state index in [0.29, 0.717) is 38.6 Å². The third-order valence-electron chi connectivity index (χ3n) is 5.13. The highest BCUT2D eigenvalue weighted by atomic mass is 32.1. The number of hydrogen-bond donors (Lipinski definition) is 2. The summed E-state index contributed by atoms with van der Waals surface area (Å²) in [5.41, 5.74) is 4.43. The topological polar surface area (TPSA) is 93.5 Å². The molecule has 0 spiro atoms. The number of methoxy groups -OCH3 is 1. The van der Waals surface area contributed by atoms with Crippen molar-refractivity contribution in [3.63, 3.8) is 0 Å². The number of rotatable bonds is 9. The second-order valence-electron chi connectivity index (χ2n) is 6.99. The number of carbonyl (C=O) groups is 1. The number of hydrogen-bond acceptors (Lipinski definition) is 7. The molecule has 0 radical (unpaired) electrons. The van der Waals surface area contributed by atoms with Gasteiger partial charge in [-0.1, -0.05) is 0 Å². The molecule has 3 aromatic rings. The van der Waals surface area contributed by atoms with Gasteiger partial charge in [-0.25, -0.2) is 9.78 Å². The number of ether oxygens (including phenoxy) is 2. The molecule has 1 saturated heterocycles. The molecule has 1 aromatic carbocycles. The van der Waals surface area contributed by atoms with Gasteiger partial charge in [0.25, 0.3) is 0 Å². The van der Waals surface area contributed by atoms with Crippen molar-refractivity contribution in [1.82, 2.24) is 20.1 Å². The molecule has 164 valence electrons. The van der Waals surface area contributed by atoms with Gasteiger partial charge in [0.1, 0.15) is 5.75 Å². The van der Waals surface area contributed by atoms with Gasteiger partial charge in [0, 0.05) is 42.4 Å². The van der Waals surface area contributed by atoms with Crippen LogP contribution < -0.4 is 20.3 Å². The first-order valence-electron chi connectivity index (χ1n) is 10.2. The minimum absolute atomic E-state index is 0.0906. The molecular formula is C21H26N6O3S. The first-order chi connectivity index (χ1) is 15.1. The molecule has 0 saturated carbocycles. The van der Waals surface area contributed by atoms with Crippen molar-refractivity contribution in [2.45, 2.75) is 20.4 Å². The van der Waals surface area contributed by atoms with Crippen LogP contribution in [0.15, 0.2) is 29.8 Å². The Hall–Kier alpha value is -3.11. The molecule has 3 heterocycles. The number of thiazole rings is 1. The maximum atomic E-state index is 12.0. The van der Waals surface area contributed by atoms with Crippen LogP contribution in [-0.2, 0) is 11.3 Å². The second kappa shape index (κ2) is 9.36. The zero-order valence-electron chi connectivity index (χ0n) is 17.8. The Morgan fingerprint density at radius 1 is 1.35 bits per heavy atom. The smallest absolute Gasteiger partial charge is 0.321 e. The summed E-state index contributed by atoms with van der Waals surface area (Å²) in [6.07, 6.45) is 1.80. The van der Waals surface area contributed by atoms with Crippen LogP contribution in [-0.4, -0.2) is 54.2 Å². The molecule has 1 aliphatic heterocycles. The van der Waals surface area contributed by atoms with E-state index in [1.165, 1.54) is 11.3 Å². The monoisotopic (exact) mass is 442 g/mol. The van der Waals surface area contributed by atoms with Gasteiger partial charge in [-0.15, -0.1) is 11.3 Å². The van der Waals surface area contributed by atoms with Crippen LogP contribution >= 0.6 is 11.3 Å². The van der Waals surface area contributed by atoms with E-state index in [2.05, 4.69) is 15.7 Å². The second-order valence-corrected chi connectivity index (χ2v) is 7.85. The highest BCUT2D eigenvalue weighted by Gasteiger charge is 2.22. The Morgan fingerprint density at radius 2 is 2.23 bits per heavy atom. The van der Waals surface area contributed by atoms with Crippen molar-refractivity contribution in [2.24, 2.45) is 0 Å². The van der Waals surface area contributed by atoms with Gasteiger partial charge in [-0.05, 0) is 26.0 Å². The van der Waals surface area contributed by atoms with Gasteiger partial charge >= 0.3 is 6.03 Å². The third kappa shape index (κ3) is 4.49. The van der Waals surface area contributed by atoms with Crippen molar-refractivity contribution in [1.29, 1.82) is 0 Å². The minimum Gasteiger partial charge on any atom is -0.496 e. The molecule has 1 aliphatic rings. The molecule has 1 fully saturated rings. The van der Waals surface area contributed by atoms with E-state index in [-0.39, 0.29) is 6.03 Å². The highest BCUT2D eigenvalue weighted by Crippen LogP contribution is 2.36. The molecule has 2 N–H and O–H groups in total. The SMILES string of the molecule is CCOCCn1ncc(Nc2nc(-c3ccc(N4CCNC4=O)cc3OC)cs2)c1C. The fourth-order valence-electron chi connectivity index (χ4n) is 3.44. The molecule has 0 unspecified atom stereocenters. The maximum absolute atomic E-state index is 12.0. The molecule has 2 amide bonds. The lowest BCUT2D eigenvalue weighted by Crippen LogP contribution is -2.27. The van der Waals surface area contributed by atoms with Gasteiger partial charge in [0.15, 0.2) is 5.13 Å². The largest absolute Gasteiger partial charge is 0.496 e. The Kier molecular flexibility index (Phi) is 6.38. The van der Waals surface area contributed by atoms with Crippen LogP contribution in [0, 0.1) is 6.92 Å². The Balaban J connectivity index is 1.50. The van der Waals surface area contributed by atoms with E-state index in [1.807, 2.05) is 42.1 Å². The molecule has 31 heavy (non-hydrogen) atoms. The summed E-state index contributed by atoms with van der Waals surface area (Å²) in [7, 11) is 1.62. The van der Waals surface area contributed by atoms with Crippen LogP contribution in [0.3, 0.4) is 0 Å². The van der Waals surface area contributed by atoms with Crippen molar-refractivity contribution < 1.29 is 14.3 Å². The number of aromatic nitrogens is 3. The number of urea groups is 1. The highest BCUT2D eigenvalue weighted by molar-refractivity contribution is 7.14. The van der Waals surface area contributed by atoms with Crippen LogP contribution in [0.4, 0.5) is 21.3 Å². The summed E-state index contributed by atoms with van der Waals surface area (Å²) < 4.78 is 12.9. The lowest BCUT2D eigenvalue weighted by Gasteiger charge is -2.16. The Labute approximate surface area is 185 Å². The number of benzene rings is 1. The van der Waals surface area contributed by atoms with Gasteiger partial charge in [0.2, 0.25) is 0 Å². The van der Waals surface area contributed by atoms with E-state index in [0.717, 1.165) is 33.5 Å². The molecule has 2 aromatic heterocycles. The average Bonchev–Trinajstić information content (AvgIpc) is 3.50. The standard InChI is InChI=1S/C21H26N6O3S/c1-4-30-10-9-27-14(2)17(12-23-27)24-20-25-18(13-31-20)16-6-5-15(11-19(16)29-3)26-8-7-22-21(26)28/h5-6,11-13H,4,7-10H2,1-3H3,(H,22,28)(H,24,25). The fraction of sp³-hybridized carbons (Fsp3) is 0.381. The van der Waals surface area contributed by atoms with Crippen LogP contribution in [0.1, 0.15) is 12.6 Å². The van der Waals surface area contributed by atoms with Crippen LogP contribution in [0.2, 0.25) is 0 Å². The quantitative estimate of drug-likeness (QED) is 0.492. The zero-order valence-corrected chi connectivity index (χ0v) is 18.7. The number of nitrogens with one attached hydrogen (secondary N) is 2. The molecule has 10 heteroatoms. The van der Waals surface area contributed by atoms with Crippen molar-refractivity contribution in [3.8, 4) is 17.0 Å². The van der Waals surface area contributed by atoms with E-state index in [4.69, 9.17) is 14.5 Å². The van der Waals surface area contributed by atoms with E-state index < -0.39 is 0 Å². The number of nitrogens with zero attached hydrogens (tertiary/aromatic N) is 4. The van der Waals surface area contributed by atoms with Crippen molar-refractivity contribution >= 4 is 33.9 Å².